The highest BCUT2D eigenvalue weighted by atomic mass is 14.9. The van der Waals surface area contributed by atoms with Crippen molar-refractivity contribution in [3.05, 3.63) is 35.4 Å². The van der Waals surface area contributed by atoms with Crippen LogP contribution in [-0.4, -0.2) is 6.54 Å². The van der Waals surface area contributed by atoms with Crippen LogP contribution in [0.25, 0.3) is 0 Å². The van der Waals surface area contributed by atoms with Crippen LogP contribution in [0, 0.1) is 5.41 Å². The first-order valence-corrected chi connectivity index (χ1v) is 7.19. The minimum Gasteiger partial charge on any atom is -0.309 e. The fourth-order valence-electron chi connectivity index (χ4n) is 2.29. The predicted molar refractivity (Wildman–Crippen MR) is 81.0 cm³/mol. The van der Waals surface area contributed by atoms with Crippen molar-refractivity contribution in [2.45, 2.75) is 59.9 Å². The molecule has 0 fully saturated rings. The Hall–Kier alpha value is -0.820. The Morgan fingerprint density at radius 3 is 1.89 bits per heavy atom. The van der Waals surface area contributed by atoms with Crippen molar-refractivity contribution in [1.29, 1.82) is 0 Å². The van der Waals surface area contributed by atoms with E-state index in [4.69, 9.17) is 0 Å². The smallest absolute Gasteiger partial charge is 0.0369 e. The Morgan fingerprint density at radius 2 is 1.50 bits per heavy atom. The fraction of sp³-hybridized carbons (Fsp3) is 0.647. The first-order valence-electron chi connectivity index (χ1n) is 7.19. The summed E-state index contributed by atoms with van der Waals surface area (Å²) in [5.74, 6) is 0.607. The Balaban J connectivity index is 2.91. The predicted octanol–water partition coefficient (Wildman–Crippen LogP) is 4.90. The summed E-state index contributed by atoms with van der Waals surface area (Å²) in [4.78, 5) is 0. The van der Waals surface area contributed by atoms with Gasteiger partial charge in [-0.05, 0) is 35.4 Å². The van der Waals surface area contributed by atoms with Gasteiger partial charge in [0.25, 0.3) is 0 Å². The lowest BCUT2D eigenvalue weighted by Gasteiger charge is -2.32. The Morgan fingerprint density at radius 1 is 1.00 bits per heavy atom. The molecule has 0 heterocycles. The number of rotatable bonds is 5. The van der Waals surface area contributed by atoms with Crippen molar-refractivity contribution in [2.75, 3.05) is 6.54 Å². The molecule has 1 atom stereocenters. The molecule has 1 aromatic carbocycles. The van der Waals surface area contributed by atoms with Gasteiger partial charge in [0.15, 0.2) is 0 Å². The monoisotopic (exact) mass is 247 g/mol. The SMILES string of the molecule is CCCNC(c1ccc(C(C)C)cc1)C(C)(C)C. The summed E-state index contributed by atoms with van der Waals surface area (Å²) in [6.07, 6.45) is 1.18. The fourth-order valence-corrected chi connectivity index (χ4v) is 2.29. The number of hydrogen-bond acceptors (Lipinski definition) is 1. The summed E-state index contributed by atoms with van der Waals surface area (Å²) < 4.78 is 0. The van der Waals surface area contributed by atoms with Gasteiger partial charge in [-0.1, -0.05) is 65.8 Å². The molecule has 0 aliphatic heterocycles. The molecule has 0 aromatic heterocycles. The molecule has 0 saturated carbocycles. The summed E-state index contributed by atoms with van der Waals surface area (Å²) in [6, 6.07) is 9.54. The van der Waals surface area contributed by atoms with E-state index in [1.165, 1.54) is 17.5 Å². The van der Waals surface area contributed by atoms with Crippen LogP contribution < -0.4 is 5.32 Å². The van der Waals surface area contributed by atoms with Crippen LogP contribution in [0.4, 0.5) is 0 Å². The van der Waals surface area contributed by atoms with Crippen molar-refractivity contribution in [3.63, 3.8) is 0 Å². The van der Waals surface area contributed by atoms with Crippen LogP contribution in [0.15, 0.2) is 24.3 Å². The molecule has 1 nitrogen and oxygen atoms in total. The first-order chi connectivity index (χ1) is 8.36. The molecule has 0 amide bonds. The third-order valence-corrected chi connectivity index (χ3v) is 3.40. The van der Waals surface area contributed by atoms with Gasteiger partial charge >= 0.3 is 0 Å². The molecule has 1 unspecified atom stereocenters. The molecule has 0 radical (unpaired) electrons. The average molecular weight is 247 g/mol. The molecule has 0 saturated heterocycles. The highest BCUT2D eigenvalue weighted by molar-refractivity contribution is 5.27. The van der Waals surface area contributed by atoms with Crippen LogP contribution in [0.2, 0.25) is 0 Å². The normalized spacial score (nSPS) is 13.9. The molecule has 1 rings (SSSR count). The Kier molecular flexibility index (Phi) is 5.40. The second-order valence-electron chi connectivity index (χ2n) is 6.57. The first kappa shape index (κ1) is 15.2. The molecule has 1 aromatic rings. The van der Waals surface area contributed by atoms with E-state index in [9.17, 15) is 0 Å². The van der Waals surface area contributed by atoms with E-state index in [2.05, 4.69) is 71.1 Å². The van der Waals surface area contributed by atoms with Gasteiger partial charge in [-0.15, -0.1) is 0 Å². The average Bonchev–Trinajstić information content (AvgIpc) is 2.28. The highest BCUT2D eigenvalue weighted by Gasteiger charge is 2.25. The van der Waals surface area contributed by atoms with Gasteiger partial charge in [0.05, 0.1) is 0 Å². The van der Waals surface area contributed by atoms with E-state index in [1.807, 2.05) is 0 Å². The molecule has 0 spiro atoms. The maximum Gasteiger partial charge on any atom is 0.0369 e. The zero-order chi connectivity index (χ0) is 13.8. The lowest BCUT2D eigenvalue weighted by Crippen LogP contribution is -2.32. The van der Waals surface area contributed by atoms with Crippen LogP contribution in [0.3, 0.4) is 0 Å². The van der Waals surface area contributed by atoms with E-state index >= 15 is 0 Å². The maximum absolute atomic E-state index is 3.67. The van der Waals surface area contributed by atoms with Crippen molar-refractivity contribution in [1.82, 2.24) is 5.32 Å². The van der Waals surface area contributed by atoms with Gasteiger partial charge in [0, 0.05) is 6.04 Å². The van der Waals surface area contributed by atoms with Crippen molar-refractivity contribution in [3.8, 4) is 0 Å². The van der Waals surface area contributed by atoms with E-state index in [1.54, 1.807) is 0 Å². The van der Waals surface area contributed by atoms with E-state index in [0.29, 0.717) is 12.0 Å². The summed E-state index contributed by atoms with van der Waals surface area (Å²) in [5.41, 5.74) is 3.07. The summed E-state index contributed by atoms with van der Waals surface area (Å²) in [5, 5.41) is 3.67. The molecule has 102 valence electrons. The minimum atomic E-state index is 0.245. The molecule has 0 aliphatic rings. The van der Waals surface area contributed by atoms with Gasteiger partial charge in [-0.2, -0.15) is 0 Å². The minimum absolute atomic E-state index is 0.245. The van der Waals surface area contributed by atoms with E-state index in [-0.39, 0.29) is 5.41 Å². The quantitative estimate of drug-likeness (QED) is 0.780. The zero-order valence-corrected chi connectivity index (χ0v) is 12.9. The molecule has 0 bridgehead atoms. The summed E-state index contributed by atoms with van der Waals surface area (Å²) >= 11 is 0. The van der Waals surface area contributed by atoms with Gasteiger partial charge < -0.3 is 5.32 Å². The molecule has 18 heavy (non-hydrogen) atoms. The van der Waals surface area contributed by atoms with Gasteiger partial charge in [-0.3, -0.25) is 0 Å². The van der Waals surface area contributed by atoms with Crippen molar-refractivity contribution >= 4 is 0 Å². The largest absolute Gasteiger partial charge is 0.309 e. The van der Waals surface area contributed by atoms with E-state index < -0.39 is 0 Å². The van der Waals surface area contributed by atoms with Crippen molar-refractivity contribution in [2.24, 2.45) is 5.41 Å². The number of benzene rings is 1. The molecule has 0 aliphatic carbocycles. The lowest BCUT2D eigenvalue weighted by molar-refractivity contribution is 0.273. The molecule has 1 heteroatoms. The second-order valence-corrected chi connectivity index (χ2v) is 6.57. The highest BCUT2D eigenvalue weighted by Crippen LogP contribution is 2.33. The van der Waals surface area contributed by atoms with Crippen LogP contribution in [-0.2, 0) is 0 Å². The van der Waals surface area contributed by atoms with Gasteiger partial charge in [-0.25, -0.2) is 0 Å². The number of nitrogens with one attached hydrogen (secondary N) is 1. The Bertz CT molecular complexity index is 343. The second kappa shape index (κ2) is 6.38. The standard InChI is InChI=1S/C17H29N/c1-7-12-18-16(17(4,5)6)15-10-8-14(9-11-15)13(2)3/h8-11,13,16,18H,7,12H2,1-6H3. The maximum atomic E-state index is 3.67. The molecule has 1 N–H and O–H groups in total. The molecular formula is C17H29N. The zero-order valence-electron chi connectivity index (χ0n) is 12.9. The van der Waals surface area contributed by atoms with Crippen molar-refractivity contribution < 1.29 is 0 Å². The number of hydrogen-bond donors (Lipinski definition) is 1. The topological polar surface area (TPSA) is 12.0 Å². The summed E-state index contributed by atoms with van der Waals surface area (Å²) in [6.45, 7) is 14.7. The van der Waals surface area contributed by atoms with Crippen LogP contribution in [0.5, 0.6) is 0 Å². The lowest BCUT2D eigenvalue weighted by atomic mass is 9.82. The van der Waals surface area contributed by atoms with Gasteiger partial charge in [0.1, 0.15) is 0 Å². The van der Waals surface area contributed by atoms with Crippen LogP contribution >= 0.6 is 0 Å². The van der Waals surface area contributed by atoms with E-state index in [0.717, 1.165) is 6.54 Å². The van der Waals surface area contributed by atoms with Gasteiger partial charge in [0.2, 0.25) is 0 Å². The summed E-state index contributed by atoms with van der Waals surface area (Å²) in [7, 11) is 0. The third kappa shape index (κ3) is 4.13. The molecular weight excluding hydrogens is 218 g/mol. The third-order valence-electron chi connectivity index (χ3n) is 3.40. The van der Waals surface area contributed by atoms with Crippen LogP contribution in [0.1, 0.15) is 71.0 Å². The Labute approximate surface area is 113 Å².